The predicted octanol–water partition coefficient (Wildman–Crippen LogP) is 2.93. The van der Waals surface area contributed by atoms with Crippen LogP contribution in [0, 0.1) is 5.92 Å². The largest absolute Gasteiger partial charge is 0.371 e. The third-order valence-electron chi connectivity index (χ3n) is 3.27. The van der Waals surface area contributed by atoms with Gasteiger partial charge in [0.1, 0.15) is 0 Å². The van der Waals surface area contributed by atoms with Crippen molar-refractivity contribution < 1.29 is 4.74 Å². The molecule has 0 amide bonds. The van der Waals surface area contributed by atoms with Gasteiger partial charge < -0.3 is 10.1 Å². The van der Waals surface area contributed by atoms with Crippen molar-refractivity contribution in [2.24, 2.45) is 5.92 Å². The van der Waals surface area contributed by atoms with Crippen molar-refractivity contribution in [3.63, 3.8) is 0 Å². The maximum atomic E-state index is 5.83. The standard InChI is InChI=1S/C15H23NO/c1-11(2)10-13-4-6-14(7-5-13)15-12(3)16-8-9-17-15/h4-7,11-12,15-16H,8-10H2,1-3H3. The van der Waals surface area contributed by atoms with E-state index in [4.69, 9.17) is 4.74 Å². The van der Waals surface area contributed by atoms with E-state index in [1.165, 1.54) is 11.1 Å². The van der Waals surface area contributed by atoms with E-state index in [2.05, 4.69) is 50.4 Å². The summed E-state index contributed by atoms with van der Waals surface area (Å²) in [5.41, 5.74) is 2.71. The molecule has 0 bridgehead atoms. The molecule has 2 heteroatoms. The molecule has 0 aromatic heterocycles. The molecular formula is C15H23NO. The Hall–Kier alpha value is -0.860. The predicted molar refractivity (Wildman–Crippen MR) is 71.1 cm³/mol. The van der Waals surface area contributed by atoms with Gasteiger partial charge in [0, 0.05) is 12.6 Å². The molecule has 1 aliphatic heterocycles. The van der Waals surface area contributed by atoms with Gasteiger partial charge in [-0.2, -0.15) is 0 Å². The smallest absolute Gasteiger partial charge is 0.0975 e. The quantitative estimate of drug-likeness (QED) is 0.866. The van der Waals surface area contributed by atoms with Gasteiger partial charge in [-0.1, -0.05) is 38.1 Å². The van der Waals surface area contributed by atoms with Crippen LogP contribution in [0.15, 0.2) is 24.3 Å². The van der Waals surface area contributed by atoms with Crippen molar-refractivity contribution in [2.75, 3.05) is 13.2 Å². The van der Waals surface area contributed by atoms with Crippen molar-refractivity contribution in [2.45, 2.75) is 39.3 Å². The average molecular weight is 233 g/mol. The number of hydrogen-bond acceptors (Lipinski definition) is 2. The van der Waals surface area contributed by atoms with Crippen LogP contribution in [0.4, 0.5) is 0 Å². The zero-order valence-electron chi connectivity index (χ0n) is 11.1. The molecular weight excluding hydrogens is 210 g/mol. The summed E-state index contributed by atoms with van der Waals surface area (Å²) in [5, 5.41) is 3.45. The number of morpholine rings is 1. The minimum atomic E-state index is 0.205. The van der Waals surface area contributed by atoms with Crippen molar-refractivity contribution in [3.05, 3.63) is 35.4 Å². The molecule has 1 aromatic carbocycles. The molecule has 1 fully saturated rings. The van der Waals surface area contributed by atoms with Crippen LogP contribution in [0.25, 0.3) is 0 Å². The lowest BCUT2D eigenvalue weighted by atomic mass is 9.97. The highest BCUT2D eigenvalue weighted by Crippen LogP contribution is 2.24. The monoisotopic (exact) mass is 233 g/mol. The third-order valence-corrected chi connectivity index (χ3v) is 3.27. The molecule has 0 saturated carbocycles. The van der Waals surface area contributed by atoms with E-state index in [1.54, 1.807) is 0 Å². The first-order valence-corrected chi connectivity index (χ1v) is 6.60. The van der Waals surface area contributed by atoms with Crippen LogP contribution in [0.5, 0.6) is 0 Å². The van der Waals surface area contributed by atoms with Gasteiger partial charge in [0.25, 0.3) is 0 Å². The molecule has 2 nitrogen and oxygen atoms in total. The molecule has 17 heavy (non-hydrogen) atoms. The summed E-state index contributed by atoms with van der Waals surface area (Å²) >= 11 is 0. The maximum Gasteiger partial charge on any atom is 0.0975 e. The van der Waals surface area contributed by atoms with Crippen LogP contribution in [0.2, 0.25) is 0 Å². The summed E-state index contributed by atoms with van der Waals surface area (Å²) in [6.07, 6.45) is 1.36. The van der Waals surface area contributed by atoms with Crippen LogP contribution in [-0.4, -0.2) is 19.2 Å². The Kier molecular flexibility index (Phi) is 4.19. The Labute approximate surface area is 104 Å². The molecule has 0 spiro atoms. The maximum absolute atomic E-state index is 5.83. The highest BCUT2D eigenvalue weighted by atomic mass is 16.5. The van der Waals surface area contributed by atoms with Gasteiger partial charge in [-0.05, 0) is 30.4 Å². The van der Waals surface area contributed by atoms with Gasteiger partial charge in [-0.25, -0.2) is 0 Å². The van der Waals surface area contributed by atoms with Gasteiger partial charge in [0.05, 0.1) is 12.7 Å². The summed E-state index contributed by atoms with van der Waals surface area (Å²) in [6.45, 7) is 8.46. The molecule has 1 N–H and O–H groups in total. The van der Waals surface area contributed by atoms with Crippen molar-refractivity contribution in [1.29, 1.82) is 0 Å². The first-order valence-electron chi connectivity index (χ1n) is 6.60. The van der Waals surface area contributed by atoms with E-state index in [0.717, 1.165) is 19.6 Å². The molecule has 0 radical (unpaired) electrons. The van der Waals surface area contributed by atoms with E-state index >= 15 is 0 Å². The van der Waals surface area contributed by atoms with E-state index in [-0.39, 0.29) is 6.10 Å². The second-order valence-corrected chi connectivity index (χ2v) is 5.37. The lowest BCUT2D eigenvalue weighted by Crippen LogP contribution is -2.41. The molecule has 1 aromatic rings. The summed E-state index contributed by atoms with van der Waals surface area (Å²) in [5.74, 6) is 0.715. The van der Waals surface area contributed by atoms with E-state index < -0.39 is 0 Å². The number of ether oxygens (including phenoxy) is 1. The lowest BCUT2D eigenvalue weighted by Gasteiger charge is -2.30. The second kappa shape index (κ2) is 5.65. The zero-order chi connectivity index (χ0) is 12.3. The Bertz CT molecular complexity index is 344. The zero-order valence-corrected chi connectivity index (χ0v) is 11.1. The molecule has 2 rings (SSSR count). The second-order valence-electron chi connectivity index (χ2n) is 5.37. The minimum absolute atomic E-state index is 0.205. The Morgan fingerprint density at radius 2 is 2.00 bits per heavy atom. The molecule has 1 heterocycles. The molecule has 0 aliphatic carbocycles. The Morgan fingerprint density at radius 1 is 1.29 bits per heavy atom. The first kappa shape index (κ1) is 12.6. The summed E-state index contributed by atoms with van der Waals surface area (Å²) in [4.78, 5) is 0. The summed E-state index contributed by atoms with van der Waals surface area (Å²) < 4.78 is 5.83. The molecule has 2 atom stereocenters. The van der Waals surface area contributed by atoms with Crippen molar-refractivity contribution in [1.82, 2.24) is 5.32 Å². The van der Waals surface area contributed by atoms with E-state index in [1.807, 2.05) is 0 Å². The van der Waals surface area contributed by atoms with Gasteiger partial charge in [0.15, 0.2) is 0 Å². The van der Waals surface area contributed by atoms with Crippen molar-refractivity contribution in [3.8, 4) is 0 Å². The fourth-order valence-corrected chi connectivity index (χ4v) is 2.42. The molecule has 94 valence electrons. The summed E-state index contributed by atoms with van der Waals surface area (Å²) in [6, 6.07) is 9.30. The minimum Gasteiger partial charge on any atom is -0.371 e. The van der Waals surface area contributed by atoms with E-state index in [9.17, 15) is 0 Å². The topological polar surface area (TPSA) is 21.3 Å². The molecule has 2 unspecified atom stereocenters. The normalized spacial score (nSPS) is 25.2. The third kappa shape index (κ3) is 3.30. The number of benzene rings is 1. The number of nitrogens with one attached hydrogen (secondary N) is 1. The Morgan fingerprint density at radius 3 is 2.59 bits per heavy atom. The van der Waals surface area contributed by atoms with Gasteiger partial charge >= 0.3 is 0 Å². The Balaban J connectivity index is 2.06. The molecule has 1 aliphatic rings. The van der Waals surface area contributed by atoms with Gasteiger partial charge in [0.2, 0.25) is 0 Å². The first-order chi connectivity index (χ1) is 8.16. The fourth-order valence-electron chi connectivity index (χ4n) is 2.42. The SMILES string of the molecule is CC(C)Cc1ccc(C2OCCNC2C)cc1. The van der Waals surface area contributed by atoms with Gasteiger partial charge in [-0.15, -0.1) is 0 Å². The lowest BCUT2D eigenvalue weighted by molar-refractivity contribution is -0.000231. The van der Waals surface area contributed by atoms with E-state index in [0.29, 0.717) is 12.0 Å². The van der Waals surface area contributed by atoms with Crippen LogP contribution in [-0.2, 0) is 11.2 Å². The van der Waals surface area contributed by atoms with Crippen LogP contribution < -0.4 is 5.32 Å². The highest BCUT2D eigenvalue weighted by Gasteiger charge is 2.22. The summed E-state index contributed by atoms with van der Waals surface area (Å²) in [7, 11) is 0. The van der Waals surface area contributed by atoms with Crippen LogP contribution in [0.1, 0.15) is 38.0 Å². The number of hydrogen-bond donors (Lipinski definition) is 1. The van der Waals surface area contributed by atoms with Gasteiger partial charge in [-0.3, -0.25) is 0 Å². The average Bonchev–Trinajstić information content (AvgIpc) is 2.30. The highest BCUT2D eigenvalue weighted by molar-refractivity contribution is 5.25. The fraction of sp³-hybridized carbons (Fsp3) is 0.600. The van der Waals surface area contributed by atoms with Crippen LogP contribution >= 0.6 is 0 Å². The van der Waals surface area contributed by atoms with Crippen molar-refractivity contribution >= 4 is 0 Å². The number of rotatable bonds is 3. The van der Waals surface area contributed by atoms with Crippen LogP contribution in [0.3, 0.4) is 0 Å². The molecule has 1 saturated heterocycles.